The fraction of sp³-hybridized carbons (Fsp3) is 0.412. The lowest BCUT2D eigenvalue weighted by molar-refractivity contribution is 0.0835. The average Bonchev–Trinajstić information content (AvgIpc) is 3.09. The lowest BCUT2D eigenvalue weighted by Gasteiger charge is -2.20. The average molecular weight is 361 g/mol. The van der Waals surface area contributed by atoms with E-state index in [1.165, 1.54) is 18.0 Å². The number of methoxy groups -OCH3 is 1. The van der Waals surface area contributed by atoms with Crippen LogP contribution in [0.5, 0.6) is 5.75 Å². The van der Waals surface area contributed by atoms with E-state index in [-0.39, 0.29) is 11.9 Å². The number of ether oxygens (including phenoxy) is 2. The summed E-state index contributed by atoms with van der Waals surface area (Å²) in [6.45, 7) is 1.28. The van der Waals surface area contributed by atoms with E-state index in [0.29, 0.717) is 35.8 Å². The fourth-order valence-electron chi connectivity index (χ4n) is 3.17. The number of hydrogen-bond donors (Lipinski definition) is 0. The summed E-state index contributed by atoms with van der Waals surface area (Å²) in [6.07, 6.45) is 0.164. The summed E-state index contributed by atoms with van der Waals surface area (Å²) < 4.78 is 39.1. The van der Waals surface area contributed by atoms with Crippen LogP contribution in [0.2, 0.25) is 0 Å². The first kappa shape index (κ1) is 16.8. The van der Waals surface area contributed by atoms with Gasteiger partial charge in [-0.1, -0.05) is 6.07 Å². The van der Waals surface area contributed by atoms with Crippen molar-refractivity contribution >= 4 is 11.0 Å². The van der Waals surface area contributed by atoms with Crippen molar-refractivity contribution in [1.29, 1.82) is 0 Å². The van der Waals surface area contributed by atoms with E-state index in [2.05, 4.69) is 19.9 Å². The quantitative estimate of drug-likeness (QED) is 0.711. The molecule has 0 N–H and O–H groups in total. The van der Waals surface area contributed by atoms with Gasteiger partial charge in [0.15, 0.2) is 5.82 Å². The Hall–Kier alpha value is -2.68. The van der Waals surface area contributed by atoms with E-state index in [1.807, 2.05) is 0 Å². The molecule has 1 aliphatic rings. The highest BCUT2D eigenvalue weighted by Crippen LogP contribution is 2.32. The minimum Gasteiger partial charge on any atom is -0.494 e. The van der Waals surface area contributed by atoms with Crippen molar-refractivity contribution in [3.63, 3.8) is 0 Å². The van der Waals surface area contributed by atoms with Crippen LogP contribution < -0.4 is 4.74 Å². The second kappa shape index (κ2) is 6.91. The molecule has 2 aromatic heterocycles. The van der Waals surface area contributed by atoms with Crippen molar-refractivity contribution in [2.75, 3.05) is 20.3 Å². The fourth-order valence-corrected chi connectivity index (χ4v) is 3.17. The van der Waals surface area contributed by atoms with Crippen molar-refractivity contribution < 1.29 is 18.3 Å². The van der Waals surface area contributed by atoms with Gasteiger partial charge in [0.2, 0.25) is 5.95 Å². The summed E-state index contributed by atoms with van der Waals surface area (Å²) in [5.74, 6) is 0.844. The Balaban J connectivity index is 1.87. The van der Waals surface area contributed by atoms with Gasteiger partial charge in [-0.25, -0.2) is 23.7 Å². The van der Waals surface area contributed by atoms with E-state index in [1.54, 1.807) is 18.2 Å². The molecule has 0 saturated carbocycles. The minimum atomic E-state index is -2.78. The molecule has 1 saturated heterocycles. The van der Waals surface area contributed by atoms with Crippen molar-refractivity contribution in [1.82, 2.24) is 24.5 Å². The van der Waals surface area contributed by atoms with E-state index in [4.69, 9.17) is 9.47 Å². The molecule has 9 heteroatoms. The highest BCUT2D eigenvalue weighted by Gasteiger charge is 2.25. The number of hydrogen-bond acceptors (Lipinski definition) is 6. The number of para-hydroxylation sites is 1. The molecule has 0 atom stereocenters. The first-order chi connectivity index (χ1) is 12.7. The number of halogens is 2. The maximum absolute atomic E-state index is 13.6. The van der Waals surface area contributed by atoms with Crippen LogP contribution in [-0.2, 0) is 4.74 Å². The summed E-state index contributed by atoms with van der Waals surface area (Å²) in [5, 5.41) is 0. The zero-order chi connectivity index (χ0) is 18.1. The molecular weight excluding hydrogens is 344 g/mol. The topological polar surface area (TPSA) is 75.0 Å². The SMILES string of the molecule is COc1cccc2c1nc(C(F)F)n2-c1ncnc(C2CCOCC2)n1. The molecule has 3 heterocycles. The Morgan fingerprint density at radius 2 is 2.00 bits per heavy atom. The third-order valence-corrected chi connectivity index (χ3v) is 4.45. The minimum absolute atomic E-state index is 0.129. The number of rotatable bonds is 4. The van der Waals surface area contributed by atoms with Crippen molar-refractivity contribution in [3.8, 4) is 11.7 Å². The van der Waals surface area contributed by atoms with Crippen LogP contribution in [0, 0.1) is 0 Å². The predicted octanol–water partition coefficient (Wildman–Crippen LogP) is 3.05. The van der Waals surface area contributed by atoms with E-state index < -0.39 is 12.2 Å². The number of alkyl halides is 2. The Kier molecular flexibility index (Phi) is 4.46. The van der Waals surface area contributed by atoms with Gasteiger partial charge in [-0.2, -0.15) is 4.98 Å². The smallest absolute Gasteiger partial charge is 0.296 e. The van der Waals surface area contributed by atoms with Crippen LogP contribution in [0.25, 0.3) is 17.0 Å². The lowest BCUT2D eigenvalue weighted by Crippen LogP contribution is -2.18. The van der Waals surface area contributed by atoms with Gasteiger partial charge >= 0.3 is 0 Å². The Bertz CT molecular complexity index is 925. The van der Waals surface area contributed by atoms with Crippen LogP contribution in [0.3, 0.4) is 0 Å². The standard InChI is InChI=1S/C17H17F2N5O2/c1-25-12-4-2-3-11-13(12)22-16(14(18)19)24(11)17-21-9-20-15(23-17)10-5-7-26-8-6-10/h2-4,9-10,14H,5-8H2,1H3. The summed E-state index contributed by atoms with van der Waals surface area (Å²) in [4.78, 5) is 16.9. The van der Waals surface area contributed by atoms with Crippen molar-refractivity contribution in [3.05, 3.63) is 36.2 Å². The molecule has 0 spiro atoms. The maximum Gasteiger partial charge on any atom is 0.296 e. The molecule has 0 bridgehead atoms. The largest absolute Gasteiger partial charge is 0.494 e. The molecule has 0 radical (unpaired) electrons. The van der Waals surface area contributed by atoms with Crippen LogP contribution in [0.15, 0.2) is 24.5 Å². The highest BCUT2D eigenvalue weighted by atomic mass is 19.3. The molecule has 3 aromatic rings. The molecule has 0 aliphatic carbocycles. The second-order valence-corrected chi connectivity index (χ2v) is 5.96. The number of nitrogens with zero attached hydrogens (tertiary/aromatic N) is 5. The molecule has 4 rings (SSSR count). The van der Waals surface area contributed by atoms with Crippen molar-refractivity contribution in [2.45, 2.75) is 25.2 Å². The third kappa shape index (κ3) is 2.88. The molecule has 0 unspecified atom stereocenters. The van der Waals surface area contributed by atoms with E-state index in [9.17, 15) is 8.78 Å². The van der Waals surface area contributed by atoms with Gasteiger partial charge in [0, 0.05) is 19.1 Å². The maximum atomic E-state index is 13.6. The first-order valence-corrected chi connectivity index (χ1v) is 8.29. The third-order valence-electron chi connectivity index (χ3n) is 4.45. The Labute approximate surface area is 148 Å². The molecule has 1 aromatic carbocycles. The predicted molar refractivity (Wildman–Crippen MR) is 88.8 cm³/mol. The van der Waals surface area contributed by atoms with Gasteiger partial charge in [-0.3, -0.25) is 4.57 Å². The van der Waals surface area contributed by atoms with Crippen LogP contribution in [-0.4, -0.2) is 44.8 Å². The molecule has 136 valence electrons. The Morgan fingerprint density at radius 3 is 2.73 bits per heavy atom. The van der Waals surface area contributed by atoms with Gasteiger partial charge in [-0.15, -0.1) is 0 Å². The number of benzene rings is 1. The van der Waals surface area contributed by atoms with Gasteiger partial charge in [-0.05, 0) is 25.0 Å². The lowest BCUT2D eigenvalue weighted by atomic mass is 10.00. The van der Waals surface area contributed by atoms with Crippen LogP contribution in [0.1, 0.15) is 36.8 Å². The highest BCUT2D eigenvalue weighted by molar-refractivity contribution is 5.83. The Morgan fingerprint density at radius 1 is 1.19 bits per heavy atom. The van der Waals surface area contributed by atoms with Crippen LogP contribution in [0.4, 0.5) is 8.78 Å². The van der Waals surface area contributed by atoms with Crippen molar-refractivity contribution in [2.24, 2.45) is 0 Å². The summed E-state index contributed by atoms with van der Waals surface area (Å²) >= 11 is 0. The number of fused-ring (bicyclic) bond motifs is 1. The van der Waals surface area contributed by atoms with Gasteiger partial charge in [0.25, 0.3) is 6.43 Å². The molecule has 1 fully saturated rings. The van der Waals surface area contributed by atoms with Crippen LogP contribution >= 0.6 is 0 Å². The molecule has 26 heavy (non-hydrogen) atoms. The van der Waals surface area contributed by atoms with Gasteiger partial charge in [0.1, 0.15) is 23.4 Å². The number of imidazole rings is 1. The zero-order valence-corrected chi connectivity index (χ0v) is 14.1. The summed E-state index contributed by atoms with van der Waals surface area (Å²) in [6, 6.07) is 5.08. The molecular formula is C17H17F2N5O2. The van der Waals surface area contributed by atoms with Gasteiger partial charge in [0.05, 0.1) is 12.6 Å². The second-order valence-electron chi connectivity index (χ2n) is 5.96. The monoisotopic (exact) mass is 361 g/mol. The van der Waals surface area contributed by atoms with E-state index in [0.717, 1.165) is 12.8 Å². The van der Waals surface area contributed by atoms with E-state index >= 15 is 0 Å². The summed E-state index contributed by atoms with van der Waals surface area (Å²) in [5.41, 5.74) is 0.808. The molecule has 7 nitrogen and oxygen atoms in total. The normalized spacial score (nSPS) is 15.7. The number of aromatic nitrogens is 5. The van der Waals surface area contributed by atoms with Gasteiger partial charge < -0.3 is 9.47 Å². The zero-order valence-electron chi connectivity index (χ0n) is 14.1. The first-order valence-electron chi connectivity index (χ1n) is 8.29. The molecule has 0 amide bonds. The summed E-state index contributed by atoms with van der Waals surface area (Å²) in [7, 11) is 1.47. The molecule has 1 aliphatic heterocycles.